The zero-order valence-corrected chi connectivity index (χ0v) is 13.3. The fourth-order valence-corrected chi connectivity index (χ4v) is 3.28. The fourth-order valence-electron chi connectivity index (χ4n) is 2.63. The molecule has 0 aliphatic carbocycles. The molecule has 21 heavy (non-hydrogen) atoms. The lowest BCUT2D eigenvalue weighted by molar-refractivity contribution is 0.419. The predicted molar refractivity (Wildman–Crippen MR) is 88.9 cm³/mol. The average molecular weight is 319 g/mol. The predicted octanol–water partition coefficient (Wildman–Crippen LogP) is 4.97. The van der Waals surface area contributed by atoms with Gasteiger partial charge in [0.1, 0.15) is 11.3 Å². The number of imidazole rings is 1. The Balaban J connectivity index is 2.24. The maximum atomic E-state index is 6.32. The van der Waals surface area contributed by atoms with E-state index in [0.29, 0.717) is 4.77 Å². The number of aromatic nitrogens is 2. The number of nitrogens with zero attached hydrogens (tertiary/aromatic N) is 1. The highest BCUT2D eigenvalue weighted by Gasteiger charge is 2.16. The summed E-state index contributed by atoms with van der Waals surface area (Å²) in [6.45, 7) is 2.09. The summed E-state index contributed by atoms with van der Waals surface area (Å²) in [6, 6.07) is 13.8. The molecular weight excluding hydrogens is 304 g/mol. The Morgan fingerprint density at radius 2 is 1.95 bits per heavy atom. The molecular formula is C16H15ClN2OS. The molecule has 1 unspecified atom stereocenters. The number of rotatable bonds is 3. The van der Waals surface area contributed by atoms with E-state index in [1.807, 2.05) is 42.5 Å². The van der Waals surface area contributed by atoms with E-state index in [1.54, 1.807) is 7.11 Å². The third-order valence-corrected chi connectivity index (χ3v) is 4.32. The molecule has 3 nitrogen and oxygen atoms in total. The van der Waals surface area contributed by atoms with Gasteiger partial charge in [0.2, 0.25) is 0 Å². The van der Waals surface area contributed by atoms with E-state index in [1.165, 1.54) is 0 Å². The number of para-hydroxylation sites is 1. The van der Waals surface area contributed by atoms with Crippen molar-refractivity contribution in [2.24, 2.45) is 0 Å². The molecule has 0 radical (unpaired) electrons. The second kappa shape index (κ2) is 5.54. The second-order valence-electron chi connectivity index (χ2n) is 4.85. The van der Waals surface area contributed by atoms with Gasteiger partial charge in [0.05, 0.1) is 18.7 Å². The van der Waals surface area contributed by atoms with E-state index in [9.17, 15) is 0 Å². The summed E-state index contributed by atoms with van der Waals surface area (Å²) in [6.07, 6.45) is 0. The van der Waals surface area contributed by atoms with Crippen LogP contribution in [0.4, 0.5) is 0 Å². The molecule has 1 heterocycles. The Hall–Kier alpha value is -1.78. The van der Waals surface area contributed by atoms with Gasteiger partial charge in [0.15, 0.2) is 4.77 Å². The van der Waals surface area contributed by atoms with Gasteiger partial charge < -0.3 is 14.3 Å². The van der Waals surface area contributed by atoms with Gasteiger partial charge in [0.25, 0.3) is 0 Å². The van der Waals surface area contributed by atoms with Crippen LogP contribution in [0, 0.1) is 4.77 Å². The Morgan fingerprint density at radius 1 is 1.19 bits per heavy atom. The molecule has 3 aromatic rings. The first kappa shape index (κ1) is 14.2. The Kier molecular flexibility index (Phi) is 3.74. The van der Waals surface area contributed by atoms with E-state index in [-0.39, 0.29) is 6.04 Å². The molecule has 3 rings (SSSR count). The Morgan fingerprint density at radius 3 is 2.67 bits per heavy atom. The minimum atomic E-state index is 0.0343. The minimum Gasteiger partial charge on any atom is -0.494 e. The molecule has 0 saturated carbocycles. The number of aromatic amines is 1. The van der Waals surface area contributed by atoms with Crippen molar-refractivity contribution < 1.29 is 4.74 Å². The van der Waals surface area contributed by atoms with Gasteiger partial charge in [-0.1, -0.05) is 35.9 Å². The fraction of sp³-hybridized carbons (Fsp3) is 0.188. The van der Waals surface area contributed by atoms with Crippen molar-refractivity contribution in [2.45, 2.75) is 13.0 Å². The zero-order valence-electron chi connectivity index (χ0n) is 11.8. The molecule has 0 bridgehead atoms. The van der Waals surface area contributed by atoms with Crippen molar-refractivity contribution in [3.63, 3.8) is 0 Å². The van der Waals surface area contributed by atoms with Crippen LogP contribution >= 0.6 is 23.8 Å². The van der Waals surface area contributed by atoms with E-state index in [4.69, 9.17) is 28.6 Å². The van der Waals surface area contributed by atoms with Crippen molar-refractivity contribution in [3.05, 3.63) is 57.8 Å². The smallest absolute Gasteiger partial charge is 0.178 e. The zero-order chi connectivity index (χ0) is 15.0. The number of H-pyrrole nitrogens is 1. The summed E-state index contributed by atoms with van der Waals surface area (Å²) in [7, 11) is 1.65. The number of hydrogen-bond acceptors (Lipinski definition) is 2. The first-order valence-corrected chi connectivity index (χ1v) is 7.43. The summed E-state index contributed by atoms with van der Waals surface area (Å²) in [5, 5.41) is 0.740. The maximum Gasteiger partial charge on any atom is 0.178 e. The molecule has 1 atom stereocenters. The van der Waals surface area contributed by atoms with Crippen LogP contribution in [0.1, 0.15) is 18.5 Å². The Labute approximate surface area is 133 Å². The molecule has 0 spiro atoms. The van der Waals surface area contributed by atoms with Crippen LogP contribution in [0.5, 0.6) is 5.75 Å². The van der Waals surface area contributed by atoms with Crippen LogP contribution in [-0.4, -0.2) is 16.7 Å². The summed E-state index contributed by atoms with van der Waals surface area (Å²) >= 11 is 11.8. The first-order valence-electron chi connectivity index (χ1n) is 6.65. The van der Waals surface area contributed by atoms with E-state index < -0.39 is 0 Å². The third kappa shape index (κ3) is 2.34. The van der Waals surface area contributed by atoms with E-state index in [0.717, 1.165) is 27.4 Å². The highest BCUT2D eigenvalue weighted by Crippen LogP contribution is 2.31. The average Bonchev–Trinajstić information content (AvgIpc) is 2.82. The van der Waals surface area contributed by atoms with Crippen LogP contribution < -0.4 is 4.74 Å². The van der Waals surface area contributed by atoms with Crippen LogP contribution in [0.2, 0.25) is 5.02 Å². The second-order valence-corrected chi connectivity index (χ2v) is 5.65. The van der Waals surface area contributed by atoms with Crippen LogP contribution in [0.25, 0.3) is 11.0 Å². The monoisotopic (exact) mass is 318 g/mol. The first-order chi connectivity index (χ1) is 10.1. The van der Waals surface area contributed by atoms with Crippen molar-refractivity contribution in [1.29, 1.82) is 0 Å². The summed E-state index contributed by atoms with van der Waals surface area (Å²) in [5.74, 6) is 0.781. The summed E-state index contributed by atoms with van der Waals surface area (Å²) in [5.41, 5.74) is 2.95. The molecule has 2 aromatic carbocycles. The maximum absolute atomic E-state index is 6.32. The lowest BCUT2D eigenvalue weighted by Crippen LogP contribution is -2.07. The van der Waals surface area contributed by atoms with Crippen molar-refractivity contribution >= 4 is 34.9 Å². The minimum absolute atomic E-state index is 0.0343. The van der Waals surface area contributed by atoms with Gasteiger partial charge in [-0.3, -0.25) is 0 Å². The van der Waals surface area contributed by atoms with Gasteiger partial charge >= 0.3 is 0 Å². The summed E-state index contributed by atoms with van der Waals surface area (Å²) in [4.78, 5) is 3.23. The van der Waals surface area contributed by atoms with Gasteiger partial charge in [-0.05, 0) is 42.9 Å². The molecule has 5 heteroatoms. The van der Waals surface area contributed by atoms with Crippen LogP contribution in [0.15, 0.2) is 42.5 Å². The van der Waals surface area contributed by atoms with Crippen molar-refractivity contribution in [2.75, 3.05) is 7.11 Å². The molecule has 0 saturated heterocycles. The number of fused-ring (bicyclic) bond motifs is 1. The largest absolute Gasteiger partial charge is 0.494 e. The number of halogens is 1. The third-order valence-electron chi connectivity index (χ3n) is 3.68. The van der Waals surface area contributed by atoms with E-state index in [2.05, 4.69) is 16.5 Å². The lowest BCUT2D eigenvalue weighted by Gasteiger charge is -2.16. The highest BCUT2D eigenvalue weighted by atomic mass is 35.5. The molecule has 0 aliphatic heterocycles. The molecule has 0 amide bonds. The standard InChI is InChI=1S/C16H15ClN2OS/c1-10(11-6-3-4-7-12(11)17)19-13-8-5-9-14(20-2)15(13)18-16(19)21/h3-10H,1-2H3,(H,18,21). The molecule has 108 valence electrons. The normalized spacial score (nSPS) is 12.5. The molecule has 1 aromatic heterocycles. The van der Waals surface area contributed by atoms with E-state index >= 15 is 0 Å². The van der Waals surface area contributed by atoms with Crippen LogP contribution in [0.3, 0.4) is 0 Å². The lowest BCUT2D eigenvalue weighted by atomic mass is 10.1. The molecule has 1 N–H and O–H groups in total. The quantitative estimate of drug-likeness (QED) is 0.691. The highest BCUT2D eigenvalue weighted by molar-refractivity contribution is 7.71. The topological polar surface area (TPSA) is 29.9 Å². The molecule has 0 aliphatic rings. The van der Waals surface area contributed by atoms with Crippen molar-refractivity contribution in [1.82, 2.24) is 9.55 Å². The molecule has 0 fully saturated rings. The van der Waals surface area contributed by atoms with Gasteiger partial charge in [-0.15, -0.1) is 0 Å². The van der Waals surface area contributed by atoms with Gasteiger partial charge in [0, 0.05) is 5.02 Å². The number of hydrogen-bond donors (Lipinski definition) is 1. The van der Waals surface area contributed by atoms with Gasteiger partial charge in [-0.2, -0.15) is 0 Å². The summed E-state index contributed by atoms with van der Waals surface area (Å²) < 4.78 is 8.11. The number of ether oxygens (including phenoxy) is 1. The Bertz CT molecular complexity index is 853. The SMILES string of the molecule is COc1cccc2c1[nH]c(=S)n2C(C)c1ccccc1Cl. The van der Waals surface area contributed by atoms with Gasteiger partial charge in [-0.25, -0.2) is 0 Å². The van der Waals surface area contributed by atoms with Crippen LogP contribution in [-0.2, 0) is 0 Å². The number of benzene rings is 2. The van der Waals surface area contributed by atoms with Crippen molar-refractivity contribution in [3.8, 4) is 5.75 Å². The number of nitrogens with one attached hydrogen (secondary N) is 1. The number of methoxy groups -OCH3 is 1.